The Balaban J connectivity index is 2.03. The minimum Gasteiger partial charge on any atom is -0.476 e. The molecule has 1 heterocycles. The van der Waals surface area contributed by atoms with Crippen molar-refractivity contribution in [1.29, 1.82) is 0 Å². The minimum atomic E-state index is -1.44. The highest BCUT2D eigenvalue weighted by Gasteiger charge is 2.54. The Morgan fingerprint density at radius 3 is 2.20 bits per heavy atom. The Morgan fingerprint density at radius 2 is 1.68 bits per heavy atom. The van der Waals surface area contributed by atoms with E-state index in [1.54, 1.807) is 51.1 Å². The zero-order valence-corrected chi connectivity index (χ0v) is 27.5. The van der Waals surface area contributed by atoms with Crippen LogP contribution in [-0.4, -0.2) is 54.2 Å². The molecule has 1 saturated heterocycles. The number of carbonyl (C=O) groups excluding carboxylic acids is 2. The summed E-state index contributed by atoms with van der Waals surface area (Å²) in [4.78, 5) is 40.1. The molecule has 1 aliphatic heterocycles. The van der Waals surface area contributed by atoms with Crippen LogP contribution in [0.15, 0.2) is 47.2 Å². The van der Waals surface area contributed by atoms with E-state index in [1.165, 1.54) is 24.8 Å². The number of aliphatic hydroxyl groups excluding tert-OH is 1. The lowest BCUT2D eigenvalue weighted by atomic mass is 9.92. The second-order valence-electron chi connectivity index (χ2n) is 10.1. The summed E-state index contributed by atoms with van der Waals surface area (Å²) in [5.74, 6) is -2.02. The van der Waals surface area contributed by atoms with E-state index in [0.717, 1.165) is 4.90 Å². The third kappa shape index (κ3) is 7.60. The average molecular weight is 677 g/mol. The number of β-lactam (4-membered cyclic amide) rings is 1. The molecule has 3 atom stereocenters. The summed E-state index contributed by atoms with van der Waals surface area (Å²) in [7, 11) is 0. The van der Waals surface area contributed by atoms with E-state index in [4.69, 9.17) is 51.8 Å². The van der Waals surface area contributed by atoms with Crippen LogP contribution in [0, 0.1) is 11.3 Å². The number of aliphatic hydroxyl groups is 1. The monoisotopic (exact) mass is 675 g/mol. The molecule has 41 heavy (non-hydrogen) atoms. The van der Waals surface area contributed by atoms with Crippen LogP contribution in [0.25, 0.3) is 0 Å². The number of likely N-dealkylation sites (tertiary alicyclic amines) is 1. The van der Waals surface area contributed by atoms with Gasteiger partial charge in [0.2, 0.25) is 11.0 Å². The van der Waals surface area contributed by atoms with Gasteiger partial charge in [-0.3, -0.25) is 14.5 Å². The van der Waals surface area contributed by atoms with Crippen molar-refractivity contribution >= 4 is 92.4 Å². The summed E-state index contributed by atoms with van der Waals surface area (Å²) in [6.07, 6.45) is -0.980. The van der Waals surface area contributed by atoms with Crippen molar-refractivity contribution < 1.29 is 29.3 Å². The fourth-order valence-electron chi connectivity index (χ4n) is 3.79. The van der Waals surface area contributed by atoms with Crippen LogP contribution in [0.4, 0.5) is 0 Å². The lowest BCUT2D eigenvalue weighted by Gasteiger charge is -2.47. The topological polar surface area (TPSA) is 104 Å². The van der Waals surface area contributed by atoms with Gasteiger partial charge in [-0.1, -0.05) is 74.7 Å². The second kappa shape index (κ2) is 13.7. The summed E-state index contributed by atoms with van der Waals surface area (Å²) in [5, 5.41) is 20.0. The largest absolute Gasteiger partial charge is 0.476 e. The molecule has 3 rings (SSSR count). The van der Waals surface area contributed by atoms with Crippen LogP contribution >= 0.6 is 70.5 Å². The van der Waals surface area contributed by atoms with E-state index >= 15 is 0 Å². The van der Waals surface area contributed by atoms with Crippen LogP contribution in [-0.2, 0) is 14.4 Å². The molecule has 2 aromatic carbocycles. The Hall–Kier alpha value is -1.79. The first-order valence-corrected chi connectivity index (χ1v) is 15.8. The quantitative estimate of drug-likeness (QED) is 0.0672. The maximum Gasteiger partial charge on any atom is 0.357 e. The summed E-state index contributed by atoms with van der Waals surface area (Å²) in [5.41, 5.74) is -0.195. The number of rotatable bonds is 10. The normalized spacial score (nSPS) is 18.4. The summed E-state index contributed by atoms with van der Waals surface area (Å²) >= 11 is 26.0. The van der Waals surface area contributed by atoms with E-state index in [1.807, 2.05) is 6.92 Å². The van der Waals surface area contributed by atoms with Crippen molar-refractivity contribution in [2.45, 2.75) is 46.1 Å². The highest BCUT2D eigenvalue weighted by molar-refractivity contribution is 8.16. The van der Waals surface area contributed by atoms with Crippen molar-refractivity contribution in [3.63, 3.8) is 0 Å². The zero-order chi connectivity index (χ0) is 30.8. The van der Waals surface area contributed by atoms with E-state index < -0.39 is 40.4 Å². The predicted molar refractivity (Wildman–Crippen MR) is 170 cm³/mol. The van der Waals surface area contributed by atoms with Gasteiger partial charge in [0.1, 0.15) is 5.75 Å². The van der Waals surface area contributed by atoms with E-state index in [0.29, 0.717) is 48.6 Å². The van der Waals surface area contributed by atoms with Gasteiger partial charge in [-0.05, 0) is 66.4 Å². The maximum absolute atomic E-state index is 13.1. The summed E-state index contributed by atoms with van der Waals surface area (Å²) in [6.45, 7) is 8.43. The molecule has 7 nitrogen and oxygen atoms in total. The van der Waals surface area contributed by atoms with Gasteiger partial charge in [-0.2, -0.15) is 0 Å². The number of nitrogens with zero attached hydrogens (tertiary/aromatic N) is 1. The van der Waals surface area contributed by atoms with Crippen molar-refractivity contribution in [3.05, 3.63) is 73.4 Å². The predicted octanol–water partition coefficient (Wildman–Crippen LogP) is 7.27. The molecular weight excluding hydrogens is 649 g/mol. The minimum absolute atomic E-state index is 0.208. The number of benzene rings is 2. The fourth-order valence-corrected chi connectivity index (χ4v) is 6.94. The number of carboxylic acid groups (broad SMARTS) is 1. The first-order chi connectivity index (χ1) is 19.1. The second-order valence-corrected chi connectivity index (χ2v) is 14.1. The van der Waals surface area contributed by atoms with Crippen molar-refractivity contribution in [3.8, 4) is 5.75 Å². The standard InChI is InChI=1S/C28H28Cl3NO6S3/c1-6-40-24-20(13(2)33)23(34)32(24)21(25(35)36)26(41-27(37)28(3,4)5)38-15-9-7-14(8-10-15)22(39)16-11-18(30)19(31)12-17(16)29/h7-13,20,24,33H,6H2,1-5H3,(H,35,36)/t13-,20+,24-/m1/s1. The molecule has 1 amide bonds. The van der Waals surface area contributed by atoms with Gasteiger partial charge in [-0.25, -0.2) is 4.79 Å². The number of hydrogen-bond acceptors (Lipinski definition) is 8. The third-order valence-electron chi connectivity index (χ3n) is 5.96. The van der Waals surface area contributed by atoms with Crippen LogP contribution in [0.2, 0.25) is 15.1 Å². The van der Waals surface area contributed by atoms with E-state index in [2.05, 4.69) is 0 Å². The molecule has 0 bridgehead atoms. The van der Waals surface area contributed by atoms with Crippen LogP contribution in [0.3, 0.4) is 0 Å². The smallest absolute Gasteiger partial charge is 0.357 e. The number of carboxylic acids is 1. The molecular formula is C28H28Cl3NO6S3. The molecule has 13 heteroatoms. The fraction of sp³-hybridized carbons (Fsp3) is 0.357. The molecule has 0 unspecified atom stereocenters. The molecule has 0 aromatic heterocycles. The number of thiocarbonyl (C=S) groups is 1. The molecule has 0 radical (unpaired) electrons. The molecule has 220 valence electrons. The highest BCUT2D eigenvalue weighted by Crippen LogP contribution is 2.43. The van der Waals surface area contributed by atoms with Crippen LogP contribution in [0.5, 0.6) is 5.75 Å². The third-order valence-corrected chi connectivity index (χ3v) is 9.89. The van der Waals surface area contributed by atoms with Gasteiger partial charge < -0.3 is 14.9 Å². The number of amides is 1. The van der Waals surface area contributed by atoms with Crippen LogP contribution in [0.1, 0.15) is 45.7 Å². The summed E-state index contributed by atoms with van der Waals surface area (Å²) in [6, 6.07) is 9.50. The van der Waals surface area contributed by atoms with Crippen molar-refractivity contribution in [2.24, 2.45) is 11.3 Å². The SMILES string of the molecule is CCS[C@@H]1[C@@H]([C@@H](C)O)C(=O)N1C(C(=O)O)=C(Oc1ccc(C(=S)c2cc(Cl)c(Cl)cc2Cl)cc1)SC(=O)C(C)(C)C. The van der Waals surface area contributed by atoms with Crippen molar-refractivity contribution in [1.82, 2.24) is 4.90 Å². The molecule has 0 aliphatic carbocycles. The Kier molecular flexibility index (Phi) is 11.2. The number of thioether (sulfide) groups is 2. The van der Waals surface area contributed by atoms with Gasteiger partial charge in [0.05, 0.1) is 37.3 Å². The molecule has 0 saturated carbocycles. The zero-order valence-electron chi connectivity index (χ0n) is 22.7. The van der Waals surface area contributed by atoms with Gasteiger partial charge in [0, 0.05) is 11.0 Å². The number of aliphatic carboxylic acids is 1. The molecule has 2 aromatic rings. The van der Waals surface area contributed by atoms with Gasteiger partial charge in [-0.15, -0.1) is 11.8 Å². The van der Waals surface area contributed by atoms with Gasteiger partial charge in [0.15, 0.2) is 10.8 Å². The van der Waals surface area contributed by atoms with E-state index in [-0.39, 0.29) is 16.0 Å². The Labute approximate surface area is 267 Å². The number of carbonyl (C=O) groups is 3. The molecule has 0 spiro atoms. The Morgan fingerprint density at radius 1 is 1.10 bits per heavy atom. The number of hydrogen-bond donors (Lipinski definition) is 2. The highest BCUT2D eigenvalue weighted by atomic mass is 35.5. The van der Waals surface area contributed by atoms with Gasteiger partial charge in [0.25, 0.3) is 0 Å². The maximum atomic E-state index is 13.1. The average Bonchev–Trinajstić information content (AvgIpc) is 2.87. The lowest BCUT2D eigenvalue weighted by molar-refractivity contribution is -0.157. The number of ether oxygens (including phenoxy) is 1. The lowest BCUT2D eigenvalue weighted by Crippen LogP contribution is -2.63. The first-order valence-electron chi connectivity index (χ1n) is 12.4. The molecule has 2 N–H and O–H groups in total. The molecule has 1 fully saturated rings. The molecule has 1 aliphatic rings. The summed E-state index contributed by atoms with van der Waals surface area (Å²) < 4.78 is 6.00. The van der Waals surface area contributed by atoms with Crippen molar-refractivity contribution in [2.75, 3.05) is 5.75 Å². The van der Waals surface area contributed by atoms with Crippen LogP contribution < -0.4 is 4.74 Å². The van der Waals surface area contributed by atoms with Gasteiger partial charge >= 0.3 is 5.97 Å². The Bertz CT molecular complexity index is 1410. The number of halogens is 3. The first kappa shape index (κ1) is 33.7. The van der Waals surface area contributed by atoms with E-state index in [9.17, 15) is 24.6 Å².